The lowest BCUT2D eigenvalue weighted by molar-refractivity contribution is -0.147. The molecule has 5 heteroatoms. The van der Waals surface area contributed by atoms with Crippen molar-refractivity contribution in [1.29, 1.82) is 0 Å². The van der Waals surface area contributed by atoms with Crippen LogP contribution in [0.25, 0.3) is 0 Å². The molecule has 0 aliphatic carbocycles. The van der Waals surface area contributed by atoms with Crippen molar-refractivity contribution >= 4 is 17.6 Å². The molecule has 108 valence electrons. The lowest BCUT2D eigenvalue weighted by Gasteiger charge is -2.23. The van der Waals surface area contributed by atoms with E-state index in [0.29, 0.717) is 30.8 Å². The molecule has 1 saturated heterocycles. The molecule has 0 aromatic heterocycles. The Morgan fingerprint density at radius 2 is 2.15 bits per heavy atom. The van der Waals surface area contributed by atoms with Gasteiger partial charge in [-0.3, -0.25) is 4.79 Å². The third-order valence-corrected chi connectivity index (χ3v) is 3.42. The van der Waals surface area contributed by atoms with E-state index >= 15 is 0 Å². The van der Waals surface area contributed by atoms with E-state index in [1.807, 2.05) is 13.0 Å². The molecule has 2 rings (SSSR count). The van der Waals surface area contributed by atoms with Gasteiger partial charge in [-0.25, -0.2) is 4.79 Å². The quantitative estimate of drug-likeness (QED) is 0.674. The smallest absolute Gasteiger partial charge is 0.328 e. The second-order valence-corrected chi connectivity index (χ2v) is 5.04. The van der Waals surface area contributed by atoms with Crippen molar-refractivity contribution in [2.75, 3.05) is 18.9 Å². The summed E-state index contributed by atoms with van der Waals surface area (Å²) < 4.78 is 5.03. The second-order valence-electron chi connectivity index (χ2n) is 5.04. The molecular weight excluding hydrogens is 256 g/mol. The molecule has 1 aliphatic rings. The number of ether oxygens (including phenoxy) is 1. The summed E-state index contributed by atoms with van der Waals surface area (Å²) in [6.45, 7) is 4.56. The van der Waals surface area contributed by atoms with Crippen molar-refractivity contribution in [1.82, 2.24) is 4.90 Å². The topological polar surface area (TPSA) is 72.6 Å². The van der Waals surface area contributed by atoms with Gasteiger partial charge in [0.2, 0.25) is 0 Å². The van der Waals surface area contributed by atoms with E-state index in [2.05, 4.69) is 0 Å². The van der Waals surface area contributed by atoms with Gasteiger partial charge in [0.25, 0.3) is 5.91 Å². The fraction of sp³-hybridized carbons (Fsp3) is 0.467. The van der Waals surface area contributed by atoms with E-state index in [9.17, 15) is 9.59 Å². The number of aryl methyl sites for hydroxylation is 1. The number of benzene rings is 1. The van der Waals surface area contributed by atoms with Gasteiger partial charge in [0, 0.05) is 17.8 Å². The van der Waals surface area contributed by atoms with Crippen LogP contribution in [0.15, 0.2) is 18.2 Å². The number of hydrogen-bond donors (Lipinski definition) is 1. The minimum atomic E-state index is -0.468. The molecule has 5 nitrogen and oxygen atoms in total. The molecule has 1 fully saturated rings. The molecule has 1 heterocycles. The zero-order valence-corrected chi connectivity index (χ0v) is 11.9. The Kier molecular flexibility index (Phi) is 4.27. The normalized spacial score (nSPS) is 18.1. The first-order valence-corrected chi connectivity index (χ1v) is 6.87. The van der Waals surface area contributed by atoms with Crippen LogP contribution in [0.3, 0.4) is 0 Å². The lowest BCUT2D eigenvalue weighted by atomic mass is 10.1. The number of nitrogens with two attached hydrogens (primary N) is 1. The predicted octanol–water partition coefficient (Wildman–Crippen LogP) is 1.74. The first-order valence-electron chi connectivity index (χ1n) is 6.87. The van der Waals surface area contributed by atoms with Gasteiger partial charge >= 0.3 is 5.97 Å². The minimum absolute atomic E-state index is 0.157. The summed E-state index contributed by atoms with van der Waals surface area (Å²) in [6.07, 6.45) is 1.47. The maximum Gasteiger partial charge on any atom is 0.328 e. The molecule has 1 aliphatic heterocycles. The summed E-state index contributed by atoms with van der Waals surface area (Å²) in [6, 6.07) is 4.78. The van der Waals surface area contributed by atoms with Crippen molar-refractivity contribution in [3.63, 3.8) is 0 Å². The van der Waals surface area contributed by atoms with Crippen molar-refractivity contribution in [2.24, 2.45) is 0 Å². The highest BCUT2D eigenvalue weighted by Gasteiger charge is 2.35. The number of anilines is 1. The summed E-state index contributed by atoms with van der Waals surface area (Å²) in [7, 11) is 0. The van der Waals surface area contributed by atoms with Gasteiger partial charge in [-0.15, -0.1) is 0 Å². The number of esters is 1. The molecule has 1 amide bonds. The van der Waals surface area contributed by atoms with E-state index in [4.69, 9.17) is 10.5 Å². The van der Waals surface area contributed by atoms with E-state index in [0.717, 1.165) is 12.0 Å². The van der Waals surface area contributed by atoms with Crippen LogP contribution in [0.4, 0.5) is 5.69 Å². The monoisotopic (exact) mass is 276 g/mol. The van der Waals surface area contributed by atoms with Crippen LogP contribution in [-0.4, -0.2) is 36.0 Å². The van der Waals surface area contributed by atoms with Crippen LogP contribution in [0.1, 0.15) is 35.7 Å². The highest BCUT2D eigenvalue weighted by molar-refractivity contribution is 5.98. The highest BCUT2D eigenvalue weighted by atomic mass is 16.5. The average Bonchev–Trinajstić information content (AvgIpc) is 2.86. The number of nitrogens with zero attached hydrogens (tertiary/aromatic N) is 1. The Hall–Kier alpha value is -2.04. The van der Waals surface area contributed by atoms with Gasteiger partial charge in [0.1, 0.15) is 6.04 Å². The Labute approximate surface area is 118 Å². The molecule has 1 unspecified atom stereocenters. The zero-order valence-electron chi connectivity index (χ0n) is 11.9. The number of carbonyl (C=O) groups is 2. The zero-order chi connectivity index (χ0) is 14.7. The third kappa shape index (κ3) is 2.92. The first-order chi connectivity index (χ1) is 9.52. The van der Waals surface area contributed by atoms with Crippen molar-refractivity contribution in [2.45, 2.75) is 32.7 Å². The van der Waals surface area contributed by atoms with Gasteiger partial charge < -0.3 is 15.4 Å². The van der Waals surface area contributed by atoms with Crippen molar-refractivity contribution in [3.05, 3.63) is 29.3 Å². The summed E-state index contributed by atoms with van der Waals surface area (Å²) in [5, 5.41) is 0. The molecule has 0 spiro atoms. The minimum Gasteiger partial charge on any atom is -0.464 e. The van der Waals surface area contributed by atoms with Crippen LogP contribution in [0.2, 0.25) is 0 Å². The van der Waals surface area contributed by atoms with Crippen molar-refractivity contribution < 1.29 is 14.3 Å². The highest BCUT2D eigenvalue weighted by Crippen LogP contribution is 2.22. The van der Waals surface area contributed by atoms with Crippen molar-refractivity contribution in [3.8, 4) is 0 Å². The van der Waals surface area contributed by atoms with Gasteiger partial charge in [-0.2, -0.15) is 0 Å². The van der Waals surface area contributed by atoms with E-state index in [-0.39, 0.29) is 11.9 Å². The number of rotatable bonds is 3. The average molecular weight is 276 g/mol. The summed E-state index contributed by atoms with van der Waals surface area (Å²) >= 11 is 0. The number of hydrogen-bond acceptors (Lipinski definition) is 4. The Morgan fingerprint density at radius 3 is 2.80 bits per heavy atom. The second kappa shape index (κ2) is 5.94. The lowest BCUT2D eigenvalue weighted by Crippen LogP contribution is -2.41. The van der Waals surface area contributed by atoms with E-state index in [1.165, 1.54) is 0 Å². The van der Waals surface area contributed by atoms with Crippen LogP contribution in [0.5, 0.6) is 0 Å². The number of nitrogen functional groups attached to an aromatic ring is 1. The maximum atomic E-state index is 12.5. The maximum absolute atomic E-state index is 12.5. The standard InChI is InChI=1S/C15H20N2O3/c1-3-20-15(19)13-5-4-6-17(13)14(18)11-7-10(2)8-12(16)9-11/h7-9,13H,3-6,16H2,1-2H3. The van der Waals surface area contributed by atoms with Crippen LogP contribution < -0.4 is 5.73 Å². The first kappa shape index (κ1) is 14.4. The van der Waals surface area contributed by atoms with E-state index in [1.54, 1.807) is 24.0 Å². The van der Waals surface area contributed by atoms with Gasteiger partial charge in [-0.1, -0.05) is 0 Å². The summed E-state index contributed by atoms with van der Waals surface area (Å²) in [4.78, 5) is 26.0. The van der Waals surface area contributed by atoms with Gasteiger partial charge in [0.05, 0.1) is 6.61 Å². The Bertz CT molecular complexity index is 508. The molecule has 0 radical (unpaired) electrons. The fourth-order valence-electron chi connectivity index (χ4n) is 2.60. The van der Waals surface area contributed by atoms with Gasteiger partial charge in [0.15, 0.2) is 0 Å². The Morgan fingerprint density at radius 1 is 1.40 bits per heavy atom. The van der Waals surface area contributed by atoms with Crippen LogP contribution in [-0.2, 0) is 9.53 Å². The molecular formula is C15H20N2O3. The molecule has 0 bridgehead atoms. The summed E-state index contributed by atoms with van der Waals surface area (Å²) in [5.74, 6) is -0.477. The molecule has 1 aromatic rings. The molecule has 20 heavy (non-hydrogen) atoms. The number of carbonyl (C=O) groups excluding carboxylic acids is 2. The molecule has 1 aromatic carbocycles. The van der Waals surface area contributed by atoms with E-state index < -0.39 is 6.04 Å². The molecule has 1 atom stereocenters. The number of likely N-dealkylation sites (tertiary alicyclic amines) is 1. The van der Waals surface area contributed by atoms with Crippen LogP contribution in [0, 0.1) is 6.92 Å². The number of amides is 1. The predicted molar refractivity (Wildman–Crippen MR) is 76.3 cm³/mol. The fourth-order valence-corrected chi connectivity index (χ4v) is 2.60. The SMILES string of the molecule is CCOC(=O)C1CCCN1C(=O)c1cc(C)cc(N)c1. The molecule has 0 saturated carbocycles. The molecule has 2 N–H and O–H groups in total. The third-order valence-electron chi connectivity index (χ3n) is 3.42. The Balaban J connectivity index is 2.21. The largest absolute Gasteiger partial charge is 0.464 e. The van der Waals surface area contributed by atoms with Gasteiger partial charge in [-0.05, 0) is 50.5 Å². The summed E-state index contributed by atoms with van der Waals surface area (Å²) in [5.41, 5.74) is 7.79. The van der Waals surface area contributed by atoms with Crippen LogP contribution >= 0.6 is 0 Å².